The fraction of sp³-hybridized carbons (Fsp3) is 0.0645. The van der Waals surface area contributed by atoms with Gasteiger partial charge in [0, 0.05) is 10.8 Å². The predicted octanol–water partition coefficient (Wildman–Crippen LogP) is 5.92. The van der Waals surface area contributed by atoms with Crippen LogP contribution in [0.3, 0.4) is 0 Å². The normalized spacial score (nSPS) is 12.2. The number of aromatic nitrogens is 2. The second-order valence-electron chi connectivity index (χ2n) is 9.62. The first kappa shape index (κ1) is 25.8. The van der Waals surface area contributed by atoms with Gasteiger partial charge in [-0.15, -0.1) is 0 Å². The maximum Gasteiger partial charge on any atom is 0.268 e. The molecule has 0 aliphatic heterocycles. The van der Waals surface area contributed by atoms with Crippen LogP contribution < -0.4 is 0 Å². The molecule has 0 fully saturated rings. The summed E-state index contributed by atoms with van der Waals surface area (Å²) >= 11 is 0. The molecule has 4 aromatic carbocycles. The number of carbonyl (C=O) groups excluding carboxylic acids is 1. The minimum absolute atomic E-state index is 0.00965. The van der Waals surface area contributed by atoms with Crippen molar-refractivity contribution >= 4 is 47.6 Å². The lowest BCUT2D eigenvalue weighted by Crippen LogP contribution is -2.23. The standard InChI is InChI=1S/C31H24N2O5S2/c1-21-16-17-27-23(18-21)19-29(32(27)39(35,36)24-11-5-3-6-12-24)31(34)30-20-26-22(2)10-9-15-28(26)33(30)40(37,38)25-13-7-4-8-14-25/h3-20H,1-2H3. The maximum absolute atomic E-state index is 14.4. The zero-order chi connectivity index (χ0) is 28.2. The molecular formula is C31H24N2O5S2. The number of benzene rings is 4. The van der Waals surface area contributed by atoms with E-state index in [2.05, 4.69) is 0 Å². The van der Waals surface area contributed by atoms with Crippen molar-refractivity contribution in [2.75, 3.05) is 0 Å². The average Bonchev–Trinajstić information content (AvgIpc) is 3.54. The van der Waals surface area contributed by atoms with Gasteiger partial charge >= 0.3 is 0 Å². The third-order valence-corrected chi connectivity index (χ3v) is 10.4. The Morgan fingerprint density at radius 2 is 1.12 bits per heavy atom. The summed E-state index contributed by atoms with van der Waals surface area (Å²) in [5.41, 5.74) is 2.00. The van der Waals surface area contributed by atoms with Crippen molar-refractivity contribution in [1.29, 1.82) is 0 Å². The lowest BCUT2D eigenvalue weighted by Gasteiger charge is -2.14. The monoisotopic (exact) mass is 568 g/mol. The van der Waals surface area contributed by atoms with Gasteiger partial charge in [-0.2, -0.15) is 0 Å². The fourth-order valence-corrected chi connectivity index (χ4v) is 8.08. The molecular weight excluding hydrogens is 544 g/mol. The van der Waals surface area contributed by atoms with Crippen molar-refractivity contribution in [3.8, 4) is 0 Å². The molecule has 7 nitrogen and oxygen atoms in total. The molecule has 0 unspecified atom stereocenters. The summed E-state index contributed by atoms with van der Waals surface area (Å²) in [7, 11) is -8.44. The number of hydrogen-bond donors (Lipinski definition) is 0. The summed E-state index contributed by atoms with van der Waals surface area (Å²) in [5, 5.41) is 1.13. The molecule has 40 heavy (non-hydrogen) atoms. The third kappa shape index (κ3) is 3.97. The quantitative estimate of drug-likeness (QED) is 0.233. The van der Waals surface area contributed by atoms with Gasteiger partial charge in [-0.25, -0.2) is 24.8 Å². The third-order valence-electron chi connectivity index (χ3n) is 6.96. The van der Waals surface area contributed by atoms with Gasteiger partial charge in [-0.05, 0) is 74.0 Å². The van der Waals surface area contributed by atoms with E-state index in [1.54, 1.807) is 66.7 Å². The van der Waals surface area contributed by atoms with Gasteiger partial charge in [0.2, 0.25) is 5.78 Å². The molecule has 0 saturated carbocycles. The molecule has 2 heterocycles. The molecule has 0 aliphatic rings. The molecule has 0 saturated heterocycles. The van der Waals surface area contributed by atoms with E-state index in [-0.39, 0.29) is 21.2 Å². The lowest BCUT2D eigenvalue weighted by atomic mass is 10.1. The van der Waals surface area contributed by atoms with E-state index < -0.39 is 25.8 Å². The molecule has 9 heteroatoms. The van der Waals surface area contributed by atoms with Gasteiger partial charge in [-0.1, -0.05) is 60.2 Å². The second-order valence-corrected chi connectivity index (χ2v) is 13.2. The van der Waals surface area contributed by atoms with Crippen LogP contribution in [0.4, 0.5) is 0 Å². The zero-order valence-electron chi connectivity index (χ0n) is 21.6. The van der Waals surface area contributed by atoms with Crippen molar-refractivity contribution in [2.45, 2.75) is 23.6 Å². The summed E-state index contributed by atoms with van der Waals surface area (Å²) in [6, 6.07) is 29.1. The molecule has 0 radical (unpaired) electrons. The van der Waals surface area contributed by atoms with Crippen LogP contribution in [0.15, 0.2) is 119 Å². The van der Waals surface area contributed by atoms with Crippen LogP contribution in [-0.4, -0.2) is 30.6 Å². The van der Waals surface area contributed by atoms with Crippen LogP contribution in [0.25, 0.3) is 21.8 Å². The highest BCUT2D eigenvalue weighted by molar-refractivity contribution is 7.90. The molecule has 0 spiro atoms. The molecule has 0 atom stereocenters. The summed E-state index contributed by atoms with van der Waals surface area (Å²) in [5.74, 6) is -0.733. The fourth-order valence-electron chi connectivity index (χ4n) is 5.03. The maximum atomic E-state index is 14.4. The first-order chi connectivity index (χ1) is 19.1. The van der Waals surface area contributed by atoms with Crippen LogP contribution in [0.1, 0.15) is 27.3 Å². The Hall–Kier alpha value is -4.47. The number of ketones is 1. The van der Waals surface area contributed by atoms with E-state index in [0.29, 0.717) is 21.8 Å². The number of rotatable bonds is 6. The predicted molar refractivity (Wildman–Crippen MR) is 155 cm³/mol. The highest BCUT2D eigenvalue weighted by Gasteiger charge is 2.32. The number of nitrogens with zero attached hydrogens (tertiary/aromatic N) is 2. The first-order valence-electron chi connectivity index (χ1n) is 12.5. The SMILES string of the molecule is Cc1ccc2c(c1)cc(C(=O)c1cc3c(C)cccc3n1S(=O)(=O)c1ccccc1)n2S(=O)(=O)c1ccccc1. The van der Waals surface area contributed by atoms with E-state index in [9.17, 15) is 21.6 Å². The topological polar surface area (TPSA) is 95.2 Å². The van der Waals surface area contributed by atoms with Gasteiger partial charge in [0.25, 0.3) is 20.0 Å². The Morgan fingerprint density at radius 3 is 1.73 bits per heavy atom. The van der Waals surface area contributed by atoms with Gasteiger partial charge in [0.15, 0.2) is 0 Å². The smallest absolute Gasteiger partial charge is 0.268 e. The Bertz CT molecular complexity index is 2160. The Balaban J connectivity index is 1.68. The molecule has 6 rings (SSSR count). The van der Waals surface area contributed by atoms with E-state index in [0.717, 1.165) is 19.1 Å². The largest absolute Gasteiger partial charge is 0.285 e. The van der Waals surface area contributed by atoms with Crippen LogP contribution in [0.2, 0.25) is 0 Å². The molecule has 0 amide bonds. The summed E-state index contributed by atoms with van der Waals surface area (Å²) in [4.78, 5) is 14.4. The molecule has 0 N–H and O–H groups in total. The molecule has 2 aromatic heterocycles. The highest BCUT2D eigenvalue weighted by atomic mass is 32.2. The van der Waals surface area contributed by atoms with Crippen LogP contribution in [-0.2, 0) is 20.0 Å². The van der Waals surface area contributed by atoms with Gasteiger partial charge < -0.3 is 0 Å². The number of carbonyl (C=O) groups is 1. The Labute approximate surface area is 232 Å². The minimum Gasteiger partial charge on any atom is -0.285 e. The highest BCUT2D eigenvalue weighted by Crippen LogP contribution is 2.32. The second kappa shape index (κ2) is 9.32. The zero-order valence-corrected chi connectivity index (χ0v) is 23.3. The number of aryl methyl sites for hydroxylation is 2. The molecule has 6 aromatic rings. The summed E-state index contributed by atoms with van der Waals surface area (Å²) in [6.45, 7) is 3.70. The number of fused-ring (bicyclic) bond motifs is 2. The first-order valence-corrected chi connectivity index (χ1v) is 15.4. The van der Waals surface area contributed by atoms with Crippen molar-refractivity contribution in [1.82, 2.24) is 7.94 Å². The number of hydrogen-bond acceptors (Lipinski definition) is 5. The average molecular weight is 569 g/mol. The van der Waals surface area contributed by atoms with Crippen molar-refractivity contribution < 1.29 is 21.6 Å². The van der Waals surface area contributed by atoms with E-state index in [4.69, 9.17) is 0 Å². The van der Waals surface area contributed by atoms with Crippen molar-refractivity contribution in [2.24, 2.45) is 0 Å². The molecule has 0 aliphatic carbocycles. The van der Waals surface area contributed by atoms with Crippen molar-refractivity contribution in [3.63, 3.8) is 0 Å². The van der Waals surface area contributed by atoms with Crippen LogP contribution in [0.5, 0.6) is 0 Å². The summed E-state index contributed by atoms with van der Waals surface area (Å²) in [6.07, 6.45) is 0. The van der Waals surface area contributed by atoms with Crippen LogP contribution >= 0.6 is 0 Å². The Kier molecular flexibility index (Phi) is 6.01. The van der Waals surface area contributed by atoms with Crippen LogP contribution in [0, 0.1) is 13.8 Å². The van der Waals surface area contributed by atoms with Crippen molar-refractivity contribution in [3.05, 3.63) is 132 Å². The van der Waals surface area contributed by atoms with E-state index in [1.807, 2.05) is 19.9 Å². The van der Waals surface area contributed by atoms with E-state index in [1.165, 1.54) is 36.4 Å². The minimum atomic E-state index is -4.22. The van der Waals surface area contributed by atoms with Gasteiger partial charge in [-0.3, -0.25) is 4.79 Å². The Morgan fingerprint density at radius 1 is 0.575 bits per heavy atom. The van der Waals surface area contributed by atoms with E-state index >= 15 is 0 Å². The summed E-state index contributed by atoms with van der Waals surface area (Å²) < 4.78 is 57.9. The lowest BCUT2D eigenvalue weighted by molar-refractivity contribution is 0.102. The van der Waals surface area contributed by atoms with Gasteiger partial charge in [0.1, 0.15) is 11.4 Å². The van der Waals surface area contributed by atoms with Gasteiger partial charge in [0.05, 0.1) is 20.8 Å². The molecule has 200 valence electrons. The molecule has 0 bridgehead atoms.